The summed E-state index contributed by atoms with van der Waals surface area (Å²) in [5.41, 5.74) is 2.01. The maximum absolute atomic E-state index is 12.2. The van der Waals surface area contributed by atoms with Crippen LogP contribution in [-0.4, -0.2) is 16.0 Å². The van der Waals surface area contributed by atoms with E-state index in [4.69, 9.17) is 4.52 Å². The molecule has 1 amide bonds. The number of aryl methyl sites for hydroxylation is 1. The Morgan fingerprint density at radius 2 is 2.08 bits per heavy atom. The van der Waals surface area contributed by atoms with Crippen LogP contribution in [0.5, 0.6) is 0 Å². The van der Waals surface area contributed by atoms with Gasteiger partial charge in [-0.1, -0.05) is 35.5 Å². The van der Waals surface area contributed by atoms with E-state index >= 15 is 0 Å². The number of aromatic nitrogens is 2. The summed E-state index contributed by atoms with van der Waals surface area (Å²) in [4.78, 5) is 17.5. The maximum Gasteiger partial charge on any atom is 0.270 e. The van der Waals surface area contributed by atoms with E-state index in [2.05, 4.69) is 27.6 Å². The Hall–Kier alpha value is -2.47. The van der Waals surface area contributed by atoms with Crippen molar-refractivity contribution in [3.05, 3.63) is 53.2 Å². The van der Waals surface area contributed by atoms with Crippen LogP contribution in [0.1, 0.15) is 43.0 Å². The molecule has 2 aromatic heterocycles. The van der Waals surface area contributed by atoms with Crippen molar-refractivity contribution in [3.8, 4) is 10.8 Å². The van der Waals surface area contributed by atoms with Gasteiger partial charge in [0.05, 0.1) is 5.69 Å². The van der Waals surface area contributed by atoms with E-state index in [0.717, 1.165) is 42.1 Å². The number of hydrogen-bond acceptors (Lipinski definition) is 5. The Bertz CT molecular complexity index is 852. The highest BCUT2D eigenvalue weighted by molar-refractivity contribution is 7.14. The molecule has 1 aliphatic rings. The number of nitrogens with one attached hydrogen (secondary N) is 1. The molecule has 25 heavy (non-hydrogen) atoms. The lowest BCUT2D eigenvalue weighted by Crippen LogP contribution is -2.11. The Kier molecular flexibility index (Phi) is 4.61. The van der Waals surface area contributed by atoms with Gasteiger partial charge in [0.25, 0.3) is 5.89 Å². The van der Waals surface area contributed by atoms with Crippen LogP contribution in [0, 0.1) is 0 Å². The number of thiophene rings is 1. The third-order valence-electron chi connectivity index (χ3n) is 4.23. The SMILES string of the molecule is O=C(CCCc1ccccc1)Nc1ccsc1-c1nc(C2CC2)no1. The van der Waals surface area contributed by atoms with Gasteiger partial charge >= 0.3 is 0 Å². The van der Waals surface area contributed by atoms with Gasteiger partial charge in [-0.2, -0.15) is 4.98 Å². The van der Waals surface area contributed by atoms with Gasteiger partial charge in [-0.05, 0) is 42.7 Å². The van der Waals surface area contributed by atoms with E-state index < -0.39 is 0 Å². The summed E-state index contributed by atoms with van der Waals surface area (Å²) >= 11 is 1.50. The van der Waals surface area contributed by atoms with E-state index in [1.165, 1.54) is 16.9 Å². The first-order valence-corrected chi connectivity index (χ1v) is 9.43. The zero-order valence-corrected chi connectivity index (χ0v) is 14.6. The molecular weight excluding hydrogens is 334 g/mol. The highest BCUT2D eigenvalue weighted by Gasteiger charge is 2.29. The quantitative estimate of drug-likeness (QED) is 0.672. The topological polar surface area (TPSA) is 68.0 Å². The lowest BCUT2D eigenvalue weighted by molar-refractivity contribution is -0.116. The van der Waals surface area contributed by atoms with Gasteiger partial charge in [-0.15, -0.1) is 11.3 Å². The summed E-state index contributed by atoms with van der Waals surface area (Å²) in [6, 6.07) is 12.1. The molecule has 0 spiro atoms. The second kappa shape index (κ2) is 7.19. The fraction of sp³-hybridized carbons (Fsp3) is 0.316. The van der Waals surface area contributed by atoms with Crippen molar-refractivity contribution >= 4 is 22.9 Å². The van der Waals surface area contributed by atoms with Crippen LogP contribution in [0.25, 0.3) is 10.8 Å². The van der Waals surface area contributed by atoms with Crippen molar-refractivity contribution in [2.45, 2.75) is 38.0 Å². The molecule has 1 saturated carbocycles. The van der Waals surface area contributed by atoms with Crippen LogP contribution in [0.2, 0.25) is 0 Å². The van der Waals surface area contributed by atoms with Crippen LogP contribution >= 0.6 is 11.3 Å². The molecule has 0 radical (unpaired) electrons. The molecule has 1 aromatic carbocycles. The van der Waals surface area contributed by atoms with Crippen molar-refractivity contribution in [2.24, 2.45) is 0 Å². The Balaban J connectivity index is 1.34. The predicted molar refractivity (Wildman–Crippen MR) is 97.6 cm³/mol. The van der Waals surface area contributed by atoms with Crippen LogP contribution in [0.3, 0.4) is 0 Å². The molecule has 0 unspecified atom stereocenters. The van der Waals surface area contributed by atoms with Gasteiger partial charge in [-0.3, -0.25) is 4.79 Å². The van der Waals surface area contributed by atoms with E-state index in [0.29, 0.717) is 18.2 Å². The Labute approximate surface area is 150 Å². The van der Waals surface area contributed by atoms with E-state index in [9.17, 15) is 4.79 Å². The number of benzene rings is 1. The van der Waals surface area contributed by atoms with Crippen molar-refractivity contribution in [1.29, 1.82) is 0 Å². The number of rotatable bonds is 7. The Morgan fingerprint density at radius 3 is 2.88 bits per heavy atom. The largest absolute Gasteiger partial charge is 0.333 e. The molecule has 4 rings (SSSR count). The number of nitrogens with zero attached hydrogens (tertiary/aromatic N) is 2. The summed E-state index contributed by atoms with van der Waals surface area (Å²) in [7, 11) is 0. The molecule has 1 fully saturated rings. The molecule has 0 atom stereocenters. The van der Waals surface area contributed by atoms with E-state index in [-0.39, 0.29) is 5.91 Å². The standard InChI is InChI=1S/C19H19N3O2S/c23-16(8-4-7-13-5-2-1-3-6-13)20-15-11-12-25-17(15)19-21-18(22-24-19)14-9-10-14/h1-3,5-6,11-12,14H,4,7-10H2,(H,20,23). The summed E-state index contributed by atoms with van der Waals surface area (Å²) in [6.07, 6.45) is 4.48. The van der Waals surface area contributed by atoms with Crippen LogP contribution < -0.4 is 5.32 Å². The first-order valence-electron chi connectivity index (χ1n) is 8.55. The number of amides is 1. The molecule has 6 heteroatoms. The molecule has 3 aromatic rings. The summed E-state index contributed by atoms with van der Waals surface area (Å²) < 4.78 is 5.37. The molecule has 1 N–H and O–H groups in total. The summed E-state index contributed by atoms with van der Waals surface area (Å²) in [6.45, 7) is 0. The first-order chi connectivity index (χ1) is 12.3. The van der Waals surface area contributed by atoms with Crippen molar-refractivity contribution < 1.29 is 9.32 Å². The minimum absolute atomic E-state index is 0.0116. The first kappa shape index (κ1) is 16.0. The second-order valence-corrected chi connectivity index (χ2v) is 7.20. The smallest absolute Gasteiger partial charge is 0.270 e. The van der Waals surface area contributed by atoms with Gasteiger partial charge in [-0.25, -0.2) is 0 Å². The summed E-state index contributed by atoms with van der Waals surface area (Å²) in [5, 5.41) is 8.95. The average molecular weight is 353 g/mol. The molecule has 0 bridgehead atoms. The normalized spacial score (nSPS) is 13.8. The van der Waals surface area contributed by atoms with Crippen LogP contribution in [-0.2, 0) is 11.2 Å². The number of carbonyl (C=O) groups is 1. The maximum atomic E-state index is 12.2. The van der Waals surface area contributed by atoms with Gasteiger partial charge in [0.15, 0.2) is 5.82 Å². The monoisotopic (exact) mass is 353 g/mol. The average Bonchev–Trinajstić information content (AvgIpc) is 3.18. The highest BCUT2D eigenvalue weighted by Crippen LogP contribution is 2.40. The van der Waals surface area contributed by atoms with Crippen molar-refractivity contribution in [3.63, 3.8) is 0 Å². The molecule has 5 nitrogen and oxygen atoms in total. The highest BCUT2D eigenvalue weighted by atomic mass is 32.1. The molecule has 1 aliphatic carbocycles. The lowest BCUT2D eigenvalue weighted by atomic mass is 10.1. The number of hydrogen-bond donors (Lipinski definition) is 1. The molecular formula is C19H19N3O2S. The molecule has 128 valence electrons. The third-order valence-corrected chi connectivity index (χ3v) is 5.13. The number of anilines is 1. The lowest BCUT2D eigenvalue weighted by Gasteiger charge is -2.05. The van der Waals surface area contributed by atoms with Crippen LogP contribution in [0.4, 0.5) is 5.69 Å². The fourth-order valence-electron chi connectivity index (χ4n) is 2.72. The minimum Gasteiger partial charge on any atom is -0.333 e. The third kappa shape index (κ3) is 3.96. The second-order valence-electron chi connectivity index (χ2n) is 6.28. The Morgan fingerprint density at radius 1 is 1.24 bits per heavy atom. The van der Waals surface area contributed by atoms with Crippen molar-refractivity contribution in [1.82, 2.24) is 10.1 Å². The molecule has 0 saturated heterocycles. The van der Waals surface area contributed by atoms with Gasteiger partial charge in [0, 0.05) is 12.3 Å². The van der Waals surface area contributed by atoms with E-state index in [1.54, 1.807) is 0 Å². The zero-order valence-electron chi connectivity index (χ0n) is 13.8. The summed E-state index contributed by atoms with van der Waals surface area (Å²) in [5.74, 6) is 1.74. The van der Waals surface area contributed by atoms with Crippen molar-refractivity contribution in [2.75, 3.05) is 5.32 Å². The number of carbonyl (C=O) groups excluding carboxylic acids is 1. The van der Waals surface area contributed by atoms with Gasteiger partial charge in [0.2, 0.25) is 5.91 Å². The fourth-order valence-corrected chi connectivity index (χ4v) is 3.49. The van der Waals surface area contributed by atoms with Gasteiger partial charge in [0.1, 0.15) is 4.88 Å². The predicted octanol–water partition coefficient (Wildman–Crippen LogP) is 4.64. The van der Waals surface area contributed by atoms with Crippen LogP contribution in [0.15, 0.2) is 46.3 Å². The molecule has 2 heterocycles. The van der Waals surface area contributed by atoms with E-state index in [1.807, 2.05) is 29.6 Å². The zero-order chi connectivity index (χ0) is 17.1. The van der Waals surface area contributed by atoms with Gasteiger partial charge < -0.3 is 9.84 Å². The minimum atomic E-state index is 0.0116. The molecule has 0 aliphatic heterocycles.